The molecule has 2 atom stereocenters. The highest BCUT2D eigenvalue weighted by atomic mass is 16.6. The second-order valence-corrected chi connectivity index (χ2v) is 2.86. The number of dihydropyridines is 1. The van der Waals surface area contributed by atoms with Crippen LogP contribution in [0.3, 0.4) is 0 Å². The molecule has 1 heterocycles. The summed E-state index contributed by atoms with van der Waals surface area (Å²) >= 11 is 0. The standard InChI is InChI=1S/C8H12N2O2/c1-3-7-4-5-9-6(2)8(7)10(11)12/h4-6,8H,3H2,1-2H3. The topological polar surface area (TPSA) is 55.5 Å². The molecule has 0 amide bonds. The van der Waals surface area contributed by atoms with Gasteiger partial charge in [-0.15, -0.1) is 0 Å². The lowest BCUT2D eigenvalue weighted by Crippen LogP contribution is -2.34. The number of allylic oxidation sites excluding steroid dienone is 1. The Morgan fingerprint density at radius 3 is 2.83 bits per heavy atom. The third-order valence-corrected chi connectivity index (χ3v) is 2.08. The number of hydrogen-bond acceptors (Lipinski definition) is 3. The van der Waals surface area contributed by atoms with Crippen molar-refractivity contribution in [1.82, 2.24) is 0 Å². The van der Waals surface area contributed by atoms with E-state index in [9.17, 15) is 10.1 Å². The van der Waals surface area contributed by atoms with Gasteiger partial charge in [0.1, 0.15) is 6.04 Å². The Labute approximate surface area is 71.1 Å². The van der Waals surface area contributed by atoms with Gasteiger partial charge in [-0.2, -0.15) is 0 Å². The summed E-state index contributed by atoms with van der Waals surface area (Å²) in [5, 5.41) is 10.6. The molecule has 0 fully saturated rings. The third kappa shape index (κ3) is 1.52. The Balaban J connectivity index is 2.88. The Morgan fingerprint density at radius 2 is 2.42 bits per heavy atom. The molecule has 4 heteroatoms. The molecule has 0 saturated heterocycles. The Morgan fingerprint density at radius 1 is 1.75 bits per heavy atom. The molecule has 1 rings (SSSR count). The number of rotatable bonds is 2. The minimum Gasteiger partial charge on any atom is -0.283 e. The van der Waals surface area contributed by atoms with Crippen LogP contribution in [-0.4, -0.2) is 23.2 Å². The normalized spacial score (nSPS) is 28.3. The van der Waals surface area contributed by atoms with Crippen molar-refractivity contribution < 1.29 is 4.92 Å². The molecule has 0 saturated carbocycles. The number of hydrogen-bond donors (Lipinski definition) is 0. The van der Waals surface area contributed by atoms with Crippen molar-refractivity contribution in [2.75, 3.05) is 0 Å². The van der Waals surface area contributed by atoms with E-state index in [1.165, 1.54) is 0 Å². The van der Waals surface area contributed by atoms with Crippen molar-refractivity contribution in [2.24, 2.45) is 4.99 Å². The van der Waals surface area contributed by atoms with Gasteiger partial charge in [-0.1, -0.05) is 6.92 Å². The molecule has 1 aliphatic heterocycles. The highest BCUT2D eigenvalue weighted by Crippen LogP contribution is 2.18. The van der Waals surface area contributed by atoms with E-state index in [2.05, 4.69) is 4.99 Å². The predicted molar refractivity (Wildman–Crippen MR) is 47.1 cm³/mol. The van der Waals surface area contributed by atoms with Gasteiger partial charge in [-0.05, 0) is 19.4 Å². The largest absolute Gasteiger partial charge is 0.283 e. The minimum absolute atomic E-state index is 0.222. The van der Waals surface area contributed by atoms with Gasteiger partial charge in [0, 0.05) is 16.7 Å². The highest BCUT2D eigenvalue weighted by molar-refractivity contribution is 5.74. The van der Waals surface area contributed by atoms with Gasteiger partial charge in [-0.25, -0.2) is 0 Å². The van der Waals surface area contributed by atoms with E-state index < -0.39 is 6.04 Å². The zero-order valence-electron chi connectivity index (χ0n) is 7.23. The fraction of sp³-hybridized carbons (Fsp3) is 0.625. The van der Waals surface area contributed by atoms with E-state index in [1.54, 1.807) is 19.2 Å². The summed E-state index contributed by atoms with van der Waals surface area (Å²) < 4.78 is 0. The summed E-state index contributed by atoms with van der Waals surface area (Å²) in [6.45, 7) is 3.70. The lowest BCUT2D eigenvalue weighted by molar-refractivity contribution is -0.514. The zero-order valence-corrected chi connectivity index (χ0v) is 7.23. The van der Waals surface area contributed by atoms with Crippen LogP contribution in [0.15, 0.2) is 16.6 Å². The van der Waals surface area contributed by atoms with Crippen molar-refractivity contribution >= 4 is 6.21 Å². The van der Waals surface area contributed by atoms with Crippen molar-refractivity contribution in [3.8, 4) is 0 Å². The smallest absolute Gasteiger partial charge is 0.256 e. The van der Waals surface area contributed by atoms with E-state index in [-0.39, 0.29) is 11.0 Å². The Hall–Kier alpha value is -1.19. The van der Waals surface area contributed by atoms with E-state index in [4.69, 9.17) is 0 Å². The summed E-state index contributed by atoms with van der Waals surface area (Å²) in [6, 6.07) is -0.833. The zero-order chi connectivity index (χ0) is 9.14. The summed E-state index contributed by atoms with van der Waals surface area (Å²) in [6.07, 6.45) is 4.12. The van der Waals surface area contributed by atoms with E-state index >= 15 is 0 Å². The van der Waals surface area contributed by atoms with E-state index in [0.717, 1.165) is 12.0 Å². The number of aliphatic imine (C=N–C) groups is 1. The molecular weight excluding hydrogens is 156 g/mol. The van der Waals surface area contributed by atoms with Gasteiger partial charge in [0.2, 0.25) is 0 Å². The van der Waals surface area contributed by atoms with Crippen molar-refractivity contribution in [3.63, 3.8) is 0 Å². The predicted octanol–water partition coefficient (Wildman–Crippen LogP) is 1.44. The molecule has 0 spiro atoms. The van der Waals surface area contributed by atoms with Crippen LogP contribution in [-0.2, 0) is 0 Å². The maximum absolute atomic E-state index is 10.6. The molecule has 4 nitrogen and oxygen atoms in total. The molecule has 0 aromatic heterocycles. The third-order valence-electron chi connectivity index (χ3n) is 2.08. The van der Waals surface area contributed by atoms with Crippen molar-refractivity contribution in [2.45, 2.75) is 32.4 Å². The van der Waals surface area contributed by atoms with Crippen molar-refractivity contribution in [3.05, 3.63) is 21.8 Å². The highest BCUT2D eigenvalue weighted by Gasteiger charge is 2.31. The molecule has 0 aromatic carbocycles. The Bertz CT molecular complexity index is 245. The SMILES string of the molecule is CCC1=CC=NC(C)C1[N+](=O)[O-]. The molecule has 12 heavy (non-hydrogen) atoms. The number of nitro groups is 1. The fourth-order valence-corrected chi connectivity index (χ4v) is 1.40. The molecule has 0 N–H and O–H groups in total. The van der Waals surface area contributed by atoms with Gasteiger partial charge in [0.15, 0.2) is 0 Å². The molecule has 0 radical (unpaired) electrons. The lowest BCUT2D eigenvalue weighted by atomic mass is 9.97. The summed E-state index contributed by atoms with van der Waals surface area (Å²) in [5.41, 5.74) is 0.863. The summed E-state index contributed by atoms with van der Waals surface area (Å²) in [4.78, 5) is 14.4. The molecule has 0 bridgehead atoms. The van der Waals surface area contributed by atoms with E-state index in [0.29, 0.717) is 0 Å². The van der Waals surface area contributed by atoms with Crippen LogP contribution in [0.25, 0.3) is 0 Å². The van der Waals surface area contributed by atoms with Gasteiger partial charge < -0.3 is 0 Å². The molecule has 1 aliphatic rings. The monoisotopic (exact) mass is 168 g/mol. The van der Waals surface area contributed by atoms with Gasteiger partial charge in [-0.3, -0.25) is 15.1 Å². The first-order chi connectivity index (χ1) is 5.66. The molecular formula is C8H12N2O2. The first-order valence-corrected chi connectivity index (χ1v) is 4.02. The van der Waals surface area contributed by atoms with E-state index in [1.807, 2.05) is 6.92 Å². The van der Waals surface area contributed by atoms with Crippen molar-refractivity contribution in [1.29, 1.82) is 0 Å². The van der Waals surface area contributed by atoms with Crippen LogP contribution in [0.1, 0.15) is 20.3 Å². The average molecular weight is 168 g/mol. The Kier molecular flexibility index (Phi) is 2.58. The van der Waals surface area contributed by atoms with Crippen LogP contribution in [0.5, 0.6) is 0 Å². The van der Waals surface area contributed by atoms with Gasteiger partial charge in [0.05, 0.1) is 0 Å². The second-order valence-electron chi connectivity index (χ2n) is 2.86. The summed E-state index contributed by atoms with van der Waals surface area (Å²) in [7, 11) is 0. The maximum atomic E-state index is 10.6. The lowest BCUT2D eigenvalue weighted by Gasteiger charge is -2.18. The average Bonchev–Trinajstić information content (AvgIpc) is 2.03. The maximum Gasteiger partial charge on any atom is 0.256 e. The van der Waals surface area contributed by atoms with Crippen LogP contribution >= 0.6 is 0 Å². The minimum atomic E-state index is -0.611. The van der Waals surface area contributed by atoms with Crippen LogP contribution in [0.4, 0.5) is 0 Å². The fourth-order valence-electron chi connectivity index (χ4n) is 1.40. The van der Waals surface area contributed by atoms with Gasteiger partial charge >= 0.3 is 0 Å². The summed E-state index contributed by atoms with van der Waals surface area (Å²) in [5.74, 6) is 0. The van der Waals surface area contributed by atoms with Gasteiger partial charge in [0.25, 0.3) is 6.04 Å². The quantitative estimate of drug-likeness (QED) is 0.462. The molecule has 0 aromatic rings. The molecule has 0 aliphatic carbocycles. The second kappa shape index (κ2) is 3.47. The first kappa shape index (κ1) is 8.90. The molecule has 66 valence electrons. The first-order valence-electron chi connectivity index (χ1n) is 4.02. The molecule has 2 unspecified atom stereocenters. The van der Waals surface area contributed by atoms with Crippen LogP contribution < -0.4 is 0 Å². The number of nitrogens with zero attached hydrogens (tertiary/aromatic N) is 2. The van der Waals surface area contributed by atoms with Crippen LogP contribution in [0, 0.1) is 10.1 Å². The van der Waals surface area contributed by atoms with Crippen LogP contribution in [0.2, 0.25) is 0 Å².